The maximum Gasteiger partial charge on any atom is 0.257 e. The second-order valence-electron chi connectivity index (χ2n) is 8.40. The standard InChI is InChI=1S/C25H33N3O3/c1-6-11-27(15-19-10-12-31-16-19)24-21-9-7-8-20(28(21)26-25(24)30-5)23-18(3)13-17(2)14-22(23)29-4/h7-9,13-14,19H,6,10-12,15-16H2,1-5H3. The summed E-state index contributed by atoms with van der Waals surface area (Å²) in [5.41, 5.74) is 6.50. The summed E-state index contributed by atoms with van der Waals surface area (Å²) in [6.07, 6.45) is 2.16. The zero-order chi connectivity index (χ0) is 22.0. The van der Waals surface area contributed by atoms with Gasteiger partial charge in [-0.15, -0.1) is 5.10 Å². The smallest absolute Gasteiger partial charge is 0.257 e. The van der Waals surface area contributed by atoms with Crippen LogP contribution >= 0.6 is 0 Å². The van der Waals surface area contributed by atoms with Crippen LogP contribution in [-0.4, -0.2) is 50.1 Å². The predicted octanol–water partition coefficient (Wildman–Crippen LogP) is 4.89. The van der Waals surface area contributed by atoms with Crippen LogP contribution in [0.2, 0.25) is 0 Å². The molecule has 1 fully saturated rings. The van der Waals surface area contributed by atoms with Crippen LogP contribution in [0, 0.1) is 19.8 Å². The number of nitrogens with zero attached hydrogens (tertiary/aromatic N) is 3. The molecule has 1 aliphatic heterocycles. The van der Waals surface area contributed by atoms with Crippen LogP contribution < -0.4 is 14.4 Å². The second kappa shape index (κ2) is 9.18. The van der Waals surface area contributed by atoms with Gasteiger partial charge in [-0.25, -0.2) is 4.52 Å². The summed E-state index contributed by atoms with van der Waals surface area (Å²) in [5.74, 6) is 2.05. The highest BCUT2D eigenvalue weighted by Gasteiger charge is 2.26. The first-order valence-corrected chi connectivity index (χ1v) is 11.1. The Morgan fingerprint density at radius 2 is 2.03 bits per heavy atom. The van der Waals surface area contributed by atoms with Crippen LogP contribution in [0.15, 0.2) is 30.3 Å². The Bertz CT molecular complexity index is 1050. The molecule has 1 unspecified atom stereocenters. The molecular formula is C25H33N3O3. The van der Waals surface area contributed by atoms with Crippen molar-refractivity contribution in [3.8, 4) is 22.9 Å². The molecule has 0 spiro atoms. The number of aryl methyl sites for hydroxylation is 2. The van der Waals surface area contributed by atoms with Gasteiger partial charge in [0.05, 0.1) is 32.0 Å². The second-order valence-corrected chi connectivity index (χ2v) is 8.40. The molecule has 2 aromatic heterocycles. The molecule has 0 aliphatic carbocycles. The van der Waals surface area contributed by atoms with Gasteiger partial charge in [-0.2, -0.15) is 0 Å². The zero-order valence-electron chi connectivity index (χ0n) is 19.3. The minimum atomic E-state index is 0.536. The fourth-order valence-electron chi connectivity index (χ4n) is 4.68. The molecule has 6 heteroatoms. The van der Waals surface area contributed by atoms with Crippen molar-refractivity contribution in [1.82, 2.24) is 9.61 Å². The quantitative estimate of drug-likeness (QED) is 0.516. The van der Waals surface area contributed by atoms with Gasteiger partial charge in [0.2, 0.25) is 0 Å². The van der Waals surface area contributed by atoms with E-state index in [0.717, 1.165) is 72.9 Å². The molecule has 3 heterocycles. The van der Waals surface area contributed by atoms with E-state index >= 15 is 0 Å². The van der Waals surface area contributed by atoms with Crippen molar-refractivity contribution in [2.75, 3.05) is 45.4 Å². The minimum absolute atomic E-state index is 0.536. The Hall–Kier alpha value is -2.73. The molecular weight excluding hydrogens is 390 g/mol. The minimum Gasteiger partial charge on any atom is -0.496 e. The van der Waals surface area contributed by atoms with Crippen LogP contribution in [0.1, 0.15) is 30.9 Å². The first-order chi connectivity index (χ1) is 15.1. The highest BCUT2D eigenvalue weighted by Crippen LogP contribution is 2.39. The van der Waals surface area contributed by atoms with Crippen molar-refractivity contribution in [2.24, 2.45) is 5.92 Å². The molecule has 0 amide bonds. The van der Waals surface area contributed by atoms with Crippen LogP contribution in [0.25, 0.3) is 16.8 Å². The lowest BCUT2D eigenvalue weighted by atomic mass is 10.0. The van der Waals surface area contributed by atoms with Gasteiger partial charge in [0.15, 0.2) is 0 Å². The lowest BCUT2D eigenvalue weighted by Crippen LogP contribution is -2.30. The van der Waals surface area contributed by atoms with Crippen LogP contribution in [-0.2, 0) is 4.74 Å². The average molecular weight is 424 g/mol. The van der Waals surface area contributed by atoms with E-state index in [4.69, 9.17) is 19.3 Å². The van der Waals surface area contributed by atoms with E-state index in [1.807, 2.05) is 4.52 Å². The number of hydrogen-bond donors (Lipinski definition) is 0. The Labute approximate surface area is 184 Å². The average Bonchev–Trinajstić information content (AvgIpc) is 3.40. The van der Waals surface area contributed by atoms with Crippen molar-refractivity contribution in [3.63, 3.8) is 0 Å². The first-order valence-electron chi connectivity index (χ1n) is 11.1. The Kier molecular flexibility index (Phi) is 6.37. The molecule has 3 aromatic rings. The number of fused-ring (bicyclic) bond motifs is 1. The summed E-state index contributed by atoms with van der Waals surface area (Å²) < 4.78 is 19.2. The van der Waals surface area contributed by atoms with Crippen molar-refractivity contribution >= 4 is 11.2 Å². The molecule has 1 saturated heterocycles. The maximum absolute atomic E-state index is 5.78. The molecule has 4 rings (SSSR count). The van der Waals surface area contributed by atoms with Gasteiger partial charge in [0.1, 0.15) is 11.4 Å². The van der Waals surface area contributed by atoms with Gasteiger partial charge in [-0.3, -0.25) is 0 Å². The molecule has 0 bridgehead atoms. The largest absolute Gasteiger partial charge is 0.496 e. The van der Waals surface area contributed by atoms with Crippen molar-refractivity contribution in [3.05, 3.63) is 41.5 Å². The summed E-state index contributed by atoms with van der Waals surface area (Å²) in [6.45, 7) is 10.00. The monoisotopic (exact) mass is 423 g/mol. The molecule has 1 aliphatic rings. The van der Waals surface area contributed by atoms with Crippen molar-refractivity contribution in [1.29, 1.82) is 0 Å². The molecule has 1 aromatic carbocycles. The molecule has 166 valence electrons. The summed E-state index contributed by atoms with van der Waals surface area (Å²) in [7, 11) is 3.42. The van der Waals surface area contributed by atoms with Crippen LogP contribution in [0.5, 0.6) is 11.6 Å². The van der Waals surface area contributed by atoms with E-state index in [-0.39, 0.29) is 0 Å². The number of benzene rings is 1. The van der Waals surface area contributed by atoms with Gasteiger partial charge in [-0.1, -0.05) is 19.1 Å². The number of rotatable bonds is 8. The number of methoxy groups -OCH3 is 2. The third-order valence-corrected chi connectivity index (χ3v) is 6.03. The maximum atomic E-state index is 5.78. The number of aromatic nitrogens is 2. The van der Waals surface area contributed by atoms with Crippen LogP contribution in [0.4, 0.5) is 5.69 Å². The summed E-state index contributed by atoms with van der Waals surface area (Å²) in [6, 6.07) is 10.6. The van der Waals surface area contributed by atoms with Gasteiger partial charge in [-0.05, 0) is 56.0 Å². The van der Waals surface area contributed by atoms with E-state index in [1.54, 1.807) is 14.2 Å². The van der Waals surface area contributed by atoms with E-state index in [9.17, 15) is 0 Å². The summed E-state index contributed by atoms with van der Waals surface area (Å²) in [4.78, 5) is 2.42. The van der Waals surface area contributed by atoms with Gasteiger partial charge >= 0.3 is 0 Å². The van der Waals surface area contributed by atoms with E-state index in [1.165, 1.54) is 5.56 Å². The van der Waals surface area contributed by atoms with E-state index in [2.05, 4.69) is 56.0 Å². The fraction of sp³-hybridized carbons (Fsp3) is 0.480. The zero-order valence-corrected chi connectivity index (χ0v) is 19.3. The van der Waals surface area contributed by atoms with E-state index in [0.29, 0.717) is 11.8 Å². The van der Waals surface area contributed by atoms with E-state index < -0.39 is 0 Å². The van der Waals surface area contributed by atoms with Crippen molar-refractivity contribution < 1.29 is 14.2 Å². The van der Waals surface area contributed by atoms with Gasteiger partial charge < -0.3 is 19.1 Å². The van der Waals surface area contributed by atoms with Crippen molar-refractivity contribution in [2.45, 2.75) is 33.6 Å². The number of hydrogen-bond acceptors (Lipinski definition) is 5. The third-order valence-electron chi connectivity index (χ3n) is 6.03. The Balaban J connectivity index is 1.88. The van der Waals surface area contributed by atoms with Gasteiger partial charge in [0.25, 0.3) is 5.88 Å². The summed E-state index contributed by atoms with van der Waals surface area (Å²) in [5, 5.41) is 4.89. The van der Waals surface area contributed by atoms with Crippen LogP contribution in [0.3, 0.4) is 0 Å². The topological polar surface area (TPSA) is 48.2 Å². The predicted molar refractivity (Wildman–Crippen MR) is 125 cm³/mol. The highest BCUT2D eigenvalue weighted by molar-refractivity contribution is 5.83. The fourth-order valence-corrected chi connectivity index (χ4v) is 4.68. The molecule has 0 N–H and O–H groups in total. The molecule has 1 atom stereocenters. The Morgan fingerprint density at radius 1 is 1.19 bits per heavy atom. The lowest BCUT2D eigenvalue weighted by Gasteiger charge is -2.26. The van der Waals surface area contributed by atoms with Gasteiger partial charge in [0, 0.05) is 31.2 Å². The lowest BCUT2D eigenvalue weighted by molar-refractivity contribution is 0.186. The first kappa shape index (κ1) is 21.5. The SMILES string of the molecule is CCCN(CC1CCOC1)c1c(OC)nn2c(-c3c(C)cc(C)cc3OC)cccc12. The normalized spacial score (nSPS) is 16.1. The molecule has 0 saturated carbocycles. The highest BCUT2D eigenvalue weighted by atomic mass is 16.5. The third kappa shape index (κ3) is 4.09. The molecule has 31 heavy (non-hydrogen) atoms. The number of pyridine rings is 1. The summed E-state index contributed by atoms with van der Waals surface area (Å²) >= 11 is 0. The molecule has 6 nitrogen and oxygen atoms in total. The number of ether oxygens (including phenoxy) is 3. The number of anilines is 1. The molecule has 0 radical (unpaired) electrons. The Morgan fingerprint density at radius 3 is 2.71 bits per heavy atom.